The molecular formula is C14H26N4O. The van der Waals surface area contributed by atoms with Crippen molar-refractivity contribution in [2.45, 2.75) is 45.3 Å². The van der Waals surface area contributed by atoms with Gasteiger partial charge in [-0.05, 0) is 26.2 Å². The first-order valence-electron chi connectivity index (χ1n) is 7.12. The van der Waals surface area contributed by atoms with E-state index in [0.717, 1.165) is 38.0 Å². The normalized spacial score (nSPS) is 21.1. The lowest BCUT2D eigenvalue weighted by atomic mass is 10.0. The van der Waals surface area contributed by atoms with Crippen LogP contribution in [-0.4, -0.2) is 42.1 Å². The number of hydrogen-bond donors (Lipinski definition) is 1. The molecule has 2 N–H and O–H groups in total. The van der Waals surface area contributed by atoms with Crippen molar-refractivity contribution in [3.05, 3.63) is 11.3 Å². The fraction of sp³-hybridized carbons (Fsp3) is 0.786. The minimum Gasteiger partial charge on any atom is -0.380 e. The first kappa shape index (κ1) is 14.3. The summed E-state index contributed by atoms with van der Waals surface area (Å²) in [6.45, 7) is 6.19. The maximum atomic E-state index is 6.12. The van der Waals surface area contributed by atoms with Crippen molar-refractivity contribution in [1.29, 1.82) is 0 Å². The Morgan fingerprint density at radius 1 is 1.53 bits per heavy atom. The molecule has 1 saturated heterocycles. The fourth-order valence-electron chi connectivity index (χ4n) is 2.84. The second-order valence-corrected chi connectivity index (χ2v) is 5.48. The monoisotopic (exact) mass is 266 g/mol. The van der Waals surface area contributed by atoms with Gasteiger partial charge >= 0.3 is 0 Å². The Balaban J connectivity index is 2.24. The van der Waals surface area contributed by atoms with Crippen LogP contribution in [0.3, 0.4) is 0 Å². The van der Waals surface area contributed by atoms with E-state index in [9.17, 15) is 0 Å². The summed E-state index contributed by atoms with van der Waals surface area (Å²) in [4.78, 5) is 2.38. The van der Waals surface area contributed by atoms with Crippen molar-refractivity contribution >= 4 is 5.82 Å². The van der Waals surface area contributed by atoms with Crippen molar-refractivity contribution in [3.8, 4) is 0 Å². The predicted molar refractivity (Wildman–Crippen MR) is 77.5 cm³/mol. The molecule has 5 heteroatoms. The number of aryl methyl sites for hydroxylation is 2. The third kappa shape index (κ3) is 2.92. The van der Waals surface area contributed by atoms with Gasteiger partial charge in [-0.15, -0.1) is 0 Å². The molecule has 1 aromatic rings. The summed E-state index contributed by atoms with van der Waals surface area (Å²) >= 11 is 0. The molecule has 0 amide bonds. The van der Waals surface area contributed by atoms with Gasteiger partial charge in [-0.3, -0.25) is 4.68 Å². The first-order valence-corrected chi connectivity index (χ1v) is 7.12. The van der Waals surface area contributed by atoms with Gasteiger partial charge in [0, 0.05) is 38.9 Å². The van der Waals surface area contributed by atoms with Crippen LogP contribution in [0.15, 0.2) is 0 Å². The third-order valence-electron chi connectivity index (χ3n) is 4.08. The van der Waals surface area contributed by atoms with Crippen LogP contribution in [0, 0.1) is 6.92 Å². The molecule has 0 aromatic carbocycles. The van der Waals surface area contributed by atoms with Crippen molar-refractivity contribution < 1.29 is 4.74 Å². The number of ether oxygens (including phenoxy) is 1. The van der Waals surface area contributed by atoms with E-state index in [1.54, 1.807) is 7.11 Å². The van der Waals surface area contributed by atoms with E-state index in [4.69, 9.17) is 10.5 Å². The average Bonchev–Trinajstić information content (AvgIpc) is 2.95. The molecule has 0 spiro atoms. The summed E-state index contributed by atoms with van der Waals surface area (Å²) in [5, 5.41) is 4.57. The van der Waals surface area contributed by atoms with E-state index >= 15 is 0 Å². The highest BCUT2D eigenvalue weighted by molar-refractivity contribution is 5.51. The van der Waals surface area contributed by atoms with Crippen LogP contribution in [0.4, 0.5) is 5.82 Å². The molecule has 2 unspecified atom stereocenters. The SMILES string of the molecule is CCC(N)Cc1c(C)nn(C)c1N1CCC(OC)C1. The predicted octanol–water partition coefficient (Wildman–Crippen LogP) is 1.23. The molecule has 1 aromatic heterocycles. The molecule has 19 heavy (non-hydrogen) atoms. The highest BCUT2D eigenvalue weighted by Gasteiger charge is 2.27. The topological polar surface area (TPSA) is 56.3 Å². The molecule has 5 nitrogen and oxygen atoms in total. The second-order valence-electron chi connectivity index (χ2n) is 5.48. The molecule has 1 aliphatic heterocycles. The largest absolute Gasteiger partial charge is 0.380 e. The smallest absolute Gasteiger partial charge is 0.130 e. The third-order valence-corrected chi connectivity index (χ3v) is 4.08. The standard InChI is InChI=1S/C14H26N4O/c1-5-11(15)8-13-10(2)16-17(3)14(13)18-7-6-12(9-18)19-4/h11-12H,5-9,15H2,1-4H3. The van der Waals surface area contributed by atoms with E-state index in [1.165, 1.54) is 11.4 Å². The van der Waals surface area contributed by atoms with Crippen molar-refractivity contribution in [2.24, 2.45) is 12.8 Å². The Kier molecular flexibility index (Phi) is 4.47. The van der Waals surface area contributed by atoms with Crippen molar-refractivity contribution in [3.63, 3.8) is 0 Å². The zero-order valence-corrected chi connectivity index (χ0v) is 12.5. The maximum absolute atomic E-state index is 6.12. The Bertz CT molecular complexity index is 429. The number of nitrogens with two attached hydrogens (primary N) is 1. The Morgan fingerprint density at radius 2 is 2.26 bits per heavy atom. The lowest BCUT2D eigenvalue weighted by Crippen LogP contribution is -2.27. The molecule has 0 radical (unpaired) electrons. The molecule has 1 fully saturated rings. The van der Waals surface area contributed by atoms with Crippen LogP contribution in [0.2, 0.25) is 0 Å². The van der Waals surface area contributed by atoms with Gasteiger partial charge in [-0.1, -0.05) is 6.92 Å². The average molecular weight is 266 g/mol. The zero-order chi connectivity index (χ0) is 14.0. The van der Waals surface area contributed by atoms with E-state index in [0.29, 0.717) is 6.10 Å². The molecule has 1 aliphatic rings. The molecule has 0 saturated carbocycles. The summed E-state index contributed by atoms with van der Waals surface area (Å²) in [5.74, 6) is 1.22. The lowest BCUT2D eigenvalue weighted by molar-refractivity contribution is 0.121. The van der Waals surface area contributed by atoms with Crippen LogP contribution in [0.25, 0.3) is 0 Å². The van der Waals surface area contributed by atoms with Gasteiger partial charge in [-0.25, -0.2) is 0 Å². The van der Waals surface area contributed by atoms with Crippen LogP contribution < -0.4 is 10.6 Å². The quantitative estimate of drug-likeness (QED) is 0.871. The van der Waals surface area contributed by atoms with Gasteiger partial charge < -0.3 is 15.4 Å². The summed E-state index contributed by atoms with van der Waals surface area (Å²) < 4.78 is 7.45. The van der Waals surface area contributed by atoms with E-state index in [2.05, 4.69) is 23.8 Å². The van der Waals surface area contributed by atoms with Gasteiger partial charge in [0.1, 0.15) is 5.82 Å². The number of nitrogens with zero attached hydrogens (tertiary/aromatic N) is 3. The van der Waals surface area contributed by atoms with Crippen molar-refractivity contribution in [1.82, 2.24) is 9.78 Å². The summed E-state index contributed by atoms with van der Waals surface area (Å²) in [5.41, 5.74) is 8.52. The van der Waals surface area contributed by atoms with Crippen LogP contribution >= 0.6 is 0 Å². The molecular weight excluding hydrogens is 240 g/mol. The molecule has 108 valence electrons. The number of aromatic nitrogens is 2. The van der Waals surface area contributed by atoms with Crippen LogP contribution in [0.5, 0.6) is 0 Å². The zero-order valence-electron chi connectivity index (χ0n) is 12.5. The highest BCUT2D eigenvalue weighted by Crippen LogP contribution is 2.28. The summed E-state index contributed by atoms with van der Waals surface area (Å²) in [6, 6.07) is 0.211. The van der Waals surface area contributed by atoms with Gasteiger partial charge in [0.2, 0.25) is 0 Å². The molecule has 0 aliphatic carbocycles. The van der Waals surface area contributed by atoms with Gasteiger partial charge in [0.05, 0.1) is 11.8 Å². The van der Waals surface area contributed by atoms with E-state index in [1.807, 2.05) is 11.7 Å². The number of anilines is 1. The second kappa shape index (κ2) is 5.92. The number of methoxy groups -OCH3 is 1. The first-order chi connectivity index (χ1) is 9.06. The van der Waals surface area contributed by atoms with E-state index < -0.39 is 0 Å². The summed E-state index contributed by atoms with van der Waals surface area (Å²) in [7, 11) is 3.81. The minimum absolute atomic E-state index is 0.211. The van der Waals surface area contributed by atoms with Gasteiger partial charge in [-0.2, -0.15) is 5.10 Å². The Morgan fingerprint density at radius 3 is 2.84 bits per heavy atom. The van der Waals surface area contributed by atoms with Crippen molar-refractivity contribution in [2.75, 3.05) is 25.1 Å². The number of rotatable bonds is 5. The van der Waals surface area contributed by atoms with Crippen LogP contribution in [0.1, 0.15) is 31.0 Å². The number of hydrogen-bond acceptors (Lipinski definition) is 4. The molecule has 2 heterocycles. The molecule has 2 rings (SSSR count). The van der Waals surface area contributed by atoms with Crippen LogP contribution in [-0.2, 0) is 18.2 Å². The van der Waals surface area contributed by atoms with Gasteiger partial charge in [0.25, 0.3) is 0 Å². The van der Waals surface area contributed by atoms with E-state index in [-0.39, 0.29) is 6.04 Å². The molecule has 2 atom stereocenters. The fourth-order valence-corrected chi connectivity index (χ4v) is 2.84. The maximum Gasteiger partial charge on any atom is 0.130 e. The highest BCUT2D eigenvalue weighted by atomic mass is 16.5. The Labute approximate surface area is 115 Å². The lowest BCUT2D eigenvalue weighted by Gasteiger charge is -2.21. The molecule has 0 bridgehead atoms. The van der Waals surface area contributed by atoms with Gasteiger partial charge in [0.15, 0.2) is 0 Å². The Hall–Kier alpha value is -1.07. The summed E-state index contributed by atoms with van der Waals surface area (Å²) in [6.07, 6.45) is 3.32. The minimum atomic E-state index is 0.211.